The van der Waals surface area contributed by atoms with Crippen LogP contribution in [-0.4, -0.2) is 4.92 Å². The fraction of sp³-hybridized carbons (Fsp3) is 0.250. The van der Waals surface area contributed by atoms with E-state index >= 15 is 0 Å². The first-order chi connectivity index (χ1) is 9.00. The highest BCUT2D eigenvalue weighted by Gasteiger charge is 2.14. The topological polar surface area (TPSA) is 43.1 Å². The van der Waals surface area contributed by atoms with Gasteiger partial charge in [0.05, 0.1) is 4.92 Å². The molecule has 0 radical (unpaired) electrons. The van der Waals surface area contributed by atoms with Crippen LogP contribution in [-0.2, 0) is 0 Å². The van der Waals surface area contributed by atoms with Crippen LogP contribution in [0.4, 0.5) is 5.69 Å². The van der Waals surface area contributed by atoms with Gasteiger partial charge >= 0.3 is 0 Å². The van der Waals surface area contributed by atoms with Gasteiger partial charge in [-0.3, -0.25) is 10.1 Å². The van der Waals surface area contributed by atoms with E-state index in [0.29, 0.717) is 0 Å². The van der Waals surface area contributed by atoms with Gasteiger partial charge in [0, 0.05) is 18.1 Å². The molecule has 0 saturated heterocycles. The van der Waals surface area contributed by atoms with Crippen LogP contribution < -0.4 is 0 Å². The van der Waals surface area contributed by atoms with Crippen LogP contribution in [0.1, 0.15) is 35.1 Å². The van der Waals surface area contributed by atoms with Crippen molar-refractivity contribution >= 4 is 5.69 Å². The van der Waals surface area contributed by atoms with Gasteiger partial charge in [0.1, 0.15) is 0 Å². The first-order valence-electron chi connectivity index (χ1n) is 6.31. The zero-order chi connectivity index (χ0) is 14.0. The van der Waals surface area contributed by atoms with Crippen molar-refractivity contribution in [1.82, 2.24) is 0 Å². The van der Waals surface area contributed by atoms with E-state index in [9.17, 15) is 10.1 Å². The molecule has 0 aliphatic carbocycles. The standard InChI is InChI=1S/C16H17NO2/c1-11-5-4-6-12(2)16(11)13(3)14-7-9-15(10-8-14)17(18)19/h4-10,13H,1-3H3. The summed E-state index contributed by atoms with van der Waals surface area (Å²) in [4.78, 5) is 10.3. The predicted octanol–water partition coefficient (Wildman–Crippen LogP) is 4.36. The van der Waals surface area contributed by atoms with E-state index in [4.69, 9.17) is 0 Å². The molecule has 0 fully saturated rings. The molecular formula is C16H17NO2. The lowest BCUT2D eigenvalue weighted by Gasteiger charge is -2.17. The van der Waals surface area contributed by atoms with Crippen molar-refractivity contribution in [2.24, 2.45) is 0 Å². The lowest BCUT2D eigenvalue weighted by atomic mass is 9.87. The van der Waals surface area contributed by atoms with E-state index < -0.39 is 0 Å². The third kappa shape index (κ3) is 2.65. The molecule has 1 atom stereocenters. The van der Waals surface area contributed by atoms with Crippen molar-refractivity contribution < 1.29 is 4.92 Å². The molecule has 1 unspecified atom stereocenters. The molecule has 0 heterocycles. The minimum atomic E-state index is -0.368. The smallest absolute Gasteiger partial charge is 0.258 e. The molecule has 0 aliphatic heterocycles. The van der Waals surface area contributed by atoms with Crippen LogP contribution in [0, 0.1) is 24.0 Å². The monoisotopic (exact) mass is 255 g/mol. The molecule has 3 heteroatoms. The number of hydrogen-bond donors (Lipinski definition) is 0. The van der Waals surface area contributed by atoms with Crippen molar-refractivity contribution in [3.8, 4) is 0 Å². The molecule has 0 aromatic heterocycles. The number of aryl methyl sites for hydroxylation is 2. The number of benzene rings is 2. The zero-order valence-electron chi connectivity index (χ0n) is 11.4. The van der Waals surface area contributed by atoms with Crippen LogP contribution in [0.15, 0.2) is 42.5 Å². The molecule has 2 aromatic carbocycles. The van der Waals surface area contributed by atoms with E-state index in [0.717, 1.165) is 5.56 Å². The maximum atomic E-state index is 10.7. The quantitative estimate of drug-likeness (QED) is 0.604. The summed E-state index contributed by atoms with van der Waals surface area (Å²) < 4.78 is 0. The fourth-order valence-electron chi connectivity index (χ4n) is 2.56. The van der Waals surface area contributed by atoms with Crippen LogP contribution in [0.25, 0.3) is 0 Å². The maximum Gasteiger partial charge on any atom is 0.269 e. The Labute approximate surface area is 113 Å². The highest BCUT2D eigenvalue weighted by molar-refractivity contribution is 5.43. The number of rotatable bonds is 3. The van der Waals surface area contributed by atoms with Crippen LogP contribution in [0.2, 0.25) is 0 Å². The molecule has 2 rings (SSSR count). The van der Waals surface area contributed by atoms with Crippen LogP contribution in [0.5, 0.6) is 0 Å². The molecule has 0 N–H and O–H groups in total. The minimum absolute atomic E-state index is 0.137. The Morgan fingerprint density at radius 1 is 1.00 bits per heavy atom. The van der Waals surface area contributed by atoms with Gasteiger partial charge in [-0.2, -0.15) is 0 Å². The van der Waals surface area contributed by atoms with Crippen LogP contribution >= 0.6 is 0 Å². The lowest BCUT2D eigenvalue weighted by Crippen LogP contribution is -2.01. The summed E-state index contributed by atoms with van der Waals surface area (Å²) in [7, 11) is 0. The van der Waals surface area contributed by atoms with Gasteiger partial charge in [0.15, 0.2) is 0 Å². The fourth-order valence-corrected chi connectivity index (χ4v) is 2.56. The first-order valence-corrected chi connectivity index (χ1v) is 6.31. The summed E-state index contributed by atoms with van der Waals surface area (Å²) in [5.74, 6) is 0.238. The van der Waals surface area contributed by atoms with Gasteiger partial charge in [0.2, 0.25) is 0 Å². The van der Waals surface area contributed by atoms with Gasteiger partial charge < -0.3 is 0 Å². The van der Waals surface area contributed by atoms with E-state index in [1.807, 2.05) is 12.1 Å². The van der Waals surface area contributed by atoms with Crippen molar-refractivity contribution in [2.45, 2.75) is 26.7 Å². The van der Waals surface area contributed by atoms with Gasteiger partial charge in [0.25, 0.3) is 5.69 Å². The molecular weight excluding hydrogens is 238 g/mol. The van der Waals surface area contributed by atoms with Gasteiger partial charge in [-0.1, -0.05) is 37.3 Å². The molecule has 0 spiro atoms. The molecule has 0 aliphatic rings. The SMILES string of the molecule is Cc1cccc(C)c1C(C)c1ccc([N+](=O)[O-])cc1. The second kappa shape index (κ2) is 5.22. The summed E-state index contributed by atoms with van der Waals surface area (Å²) in [5, 5.41) is 10.7. The van der Waals surface area contributed by atoms with Crippen molar-refractivity contribution in [1.29, 1.82) is 0 Å². The van der Waals surface area contributed by atoms with Gasteiger partial charge in [-0.15, -0.1) is 0 Å². The third-order valence-corrected chi connectivity index (χ3v) is 3.58. The van der Waals surface area contributed by atoms with E-state index in [-0.39, 0.29) is 16.5 Å². The van der Waals surface area contributed by atoms with E-state index in [1.54, 1.807) is 12.1 Å². The highest BCUT2D eigenvalue weighted by Crippen LogP contribution is 2.30. The van der Waals surface area contributed by atoms with E-state index in [1.165, 1.54) is 16.7 Å². The largest absolute Gasteiger partial charge is 0.269 e. The number of nitro benzene ring substituents is 1. The number of hydrogen-bond acceptors (Lipinski definition) is 2. The van der Waals surface area contributed by atoms with Crippen molar-refractivity contribution in [2.75, 3.05) is 0 Å². The summed E-state index contributed by atoms with van der Waals surface area (Å²) in [6.07, 6.45) is 0. The molecule has 0 amide bonds. The molecule has 3 nitrogen and oxygen atoms in total. The Hall–Kier alpha value is -2.16. The predicted molar refractivity (Wildman–Crippen MR) is 76.5 cm³/mol. The average Bonchev–Trinajstić information content (AvgIpc) is 2.38. The van der Waals surface area contributed by atoms with Crippen LogP contribution in [0.3, 0.4) is 0 Å². The van der Waals surface area contributed by atoms with Crippen molar-refractivity contribution in [3.63, 3.8) is 0 Å². The Morgan fingerprint density at radius 2 is 1.53 bits per heavy atom. The number of non-ortho nitro benzene ring substituents is 1. The zero-order valence-corrected chi connectivity index (χ0v) is 11.4. The summed E-state index contributed by atoms with van der Waals surface area (Å²) in [6.45, 7) is 6.34. The summed E-state index contributed by atoms with van der Waals surface area (Å²) >= 11 is 0. The molecule has 19 heavy (non-hydrogen) atoms. The van der Waals surface area contributed by atoms with E-state index in [2.05, 4.69) is 39.0 Å². The molecule has 2 aromatic rings. The average molecular weight is 255 g/mol. The Kier molecular flexibility index (Phi) is 3.65. The Balaban J connectivity index is 2.39. The van der Waals surface area contributed by atoms with Gasteiger partial charge in [-0.25, -0.2) is 0 Å². The normalized spacial score (nSPS) is 12.2. The second-order valence-electron chi connectivity index (χ2n) is 4.88. The number of nitro groups is 1. The Bertz CT molecular complexity index is 582. The summed E-state index contributed by atoms with van der Waals surface area (Å²) in [5.41, 5.74) is 5.05. The number of nitrogens with zero attached hydrogens (tertiary/aromatic N) is 1. The Morgan fingerprint density at radius 3 is 2.00 bits per heavy atom. The third-order valence-electron chi connectivity index (χ3n) is 3.58. The molecule has 98 valence electrons. The second-order valence-corrected chi connectivity index (χ2v) is 4.88. The maximum absolute atomic E-state index is 10.7. The first kappa shape index (κ1) is 13.3. The molecule has 0 bridgehead atoms. The summed E-state index contributed by atoms with van der Waals surface area (Å²) in [6, 6.07) is 13.1. The highest BCUT2D eigenvalue weighted by atomic mass is 16.6. The van der Waals surface area contributed by atoms with Gasteiger partial charge in [-0.05, 0) is 36.1 Å². The van der Waals surface area contributed by atoms with Crippen molar-refractivity contribution in [3.05, 3.63) is 74.8 Å². The minimum Gasteiger partial charge on any atom is -0.258 e. The molecule has 0 saturated carbocycles. The lowest BCUT2D eigenvalue weighted by molar-refractivity contribution is -0.384.